The summed E-state index contributed by atoms with van der Waals surface area (Å²) in [6.07, 6.45) is 3.57. The highest BCUT2D eigenvalue weighted by molar-refractivity contribution is 5.64. The zero-order valence-electron chi connectivity index (χ0n) is 13.8. The summed E-state index contributed by atoms with van der Waals surface area (Å²) in [6.45, 7) is 3.60. The van der Waals surface area contributed by atoms with E-state index < -0.39 is 0 Å². The molecular formula is C20H19FN4. The Labute approximate surface area is 146 Å². The summed E-state index contributed by atoms with van der Waals surface area (Å²) >= 11 is 0. The van der Waals surface area contributed by atoms with Gasteiger partial charge >= 0.3 is 0 Å². The molecule has 0 unspecified atom stereocenters. The fraction of sp³-hybridized carbons (Fsp3) is 0.200. The fourth-order valence-corrected chi connectivity index (χ4v) is 3.13. The van der Waals surface area contributed by atoms with E-state index in [1.165, 1.54) is 6.07 Å². The number of pyridine rings is 2. The minimum absolute atomic E-state index is 0.221. The molecule has 0 atom stereocenters. The molecule has 1 aliphatic rings. The van der Waals surface area contributed by atoms with E-state index in [0.29, 0.717) is 5.56 Å². The van der Waals surface area contributed by atoms with Crippen LogP contribution in [0.1, 0.15) is 0 Å². The highest BCUT2D eigenvalue weighted by Crippen LogP contribution is 2.24. The number of benzene rings is 1. The van der Waals surface area contributed by atoms with E-state index in [1.807, 2.05) is 42.6 Å². The zero-order chi connectivity index (χ0) is 17.1. The van der Waals surface area contributed by atoms with Gasteiger partial charge in [0.1, 0.15) is 17.5 Å². The Morgan fingerprint density at radius 1 is 0.720 bits per heavy atom. The van der Waals surface area contributed by atoms with Gasteiger partial charge < -0.3 is 9.80 Å². The summed E-state index contributed by atoms with van der Waals surface area (Å²) in [7, 11) is 0. The van der Waals surface area contributed by atoms with Crippen LogP contribution >= 0.6 is 0 Å². The summed E-state index contributed by atoms with van der Waals surface area (Å²) in [5, 5.41) is 0. The lowest BCUT2D eigenvalue weighted by atomic mass is 10.1. The Kier molecular flexibility index (Phi) is 4.29. The van der Waals surface area contributed by atoms with Gasteiger partial charge in [0.25, 0.3) is 0 Å². The number of aromatic nitrogens is 2. The van der Waals surface area contributed by atoms with Crippen LogP contribution in [0.3, 0.4) is 0 Å². The first-order valence-corrected chi connectivity index (χ1v) is 8.43. The van der Waals surface area contributed by atoms with Crippen LogP contribution in [-0.4, -0.2) is 36.1 Å². The highest BCUT2D eigenvalue weighted by atomic mass is 19.1. The van der Waals surface area contributed by atoms with Crippen LogP contribution in [0.15, 0.2) is 67.0 Å². The zero-order valence-corrected chi connectivity index (χ0v) is 13.8. The van der Waals surface area contributed by atoms with Crippen molar-refractivity contribution in [1.29, 1.82) is 0 Å². The Hall–Kier alpha value is -2.95. The van der Waals surface area contributed by atoms with Crippen LogP contribution in [-0.2, 0) is 0 Å². The molecule has 3 heterocycles. The number of halogens is 1. The second-order valence-corrected chi connectivity index (χ2v) is 6.05. The average molecular weight is 334 g/mol. The predicted molar refractivity (Wildman–Crippen MR) is 98.3 cm³/mol. The first-order chi connectivity index (χ1) is 12.3. The number of nitrogens with zero attached hydrogens (tertiary/aromatic N) is 4. The van der Waals surface area contributed by atoms with Gasteiger partial charge in [-0.1, -0.05) is 24.3 Å². The summed E-state index contributed by atoms with van der Waals surface area (Å²) in [5.41, 5.74) is 1.38. The maximum absolute atomic E-state index is 13.9. The third kappa shape index (κ3) is 3.31. The van der Waals surface area contributed by atoms with Gasteiger partial charge in [-0.2, -0.15) is 0 Å². The smallest absolute Gasteiger partial charge is 0.131 e. The molecule has 4 rings (SSSR count). The van der Waals surface area contributed by atoms with E-state index in [1.54, 1.807) is 18.3 Å². The van der Waals surface area contributed by atoms with Crippen LogP contribution in [0.4, 0.5) is 16.0 Å². The van der Waals surface area contributed by atoms with Gasteiger partial charge in [-0.25, -0.2) is 14.4 Å². The Bertz CT molecular complexity index is 828. The van der Waals surface area contributed by atoms with Gasteiger partial charge in [0.2, 0.25) is 0 Å². The van der Waals surface area contributed by atoms with Crippen molar-refractivity contribution >= 4 is 11.6 Å². The van der Waals surface area contributed by atoms with Gasteiger partial charge in [0, 0.05) is 49.7 Å². The van der Waals surface area contributed by atoms with Crippen molar-refractivity contribution in [3.63, 3.8) is 0 Å². The third-order valence-corrected chi connectivity index (χ3v) is 4.51. The summed E-state index contributed by atoms with van der Waals surface area (Å²) in [5.74, 6) is 1.73. The molecule has 4 nitrogen and oxygen atoms in total. The van der Waals surface area contributed by atoms with Crippen molar-refractivity contribution < 1.29 is 4.39 Å². The Morgan fingerprint density at radius 2 is 1.40 bits per heavy atom. The van der Waals surface area contributed by atoms with Gasteiger partial charge in [-0.15, -0.1) is 0 Å². The topological polar surface area (TPSA) is 32.3 Å². The van der Waals surface area contributed by atoms with Crippen molar-refractivity contribution in [2.75, 3.05) is 36.0 Å². The predicted octanol–water partition coefficient (Wildman–Crippen LogP) is 3.61. The largest absolute Gasteiger partial charge is 0.353 e. The Balaban J connectivity index is 1.44. The third-order valence-electron chi connectivity index (χ3n) is 4.51. The molecule has 25 heavy (non-hydrogen) atoms. The van der Waals surface area contributed by atoms with E-state index in [2.05, 4.69) is 19.8 Å². The molecule has 0 saturated carbocycles. The summed E-state index contributed by atoms with van der Waals surface area (Å²) < 4.78 is 13.9. The quantitative estimate of drug-likeness (QED) is 0.732. The molecule has 0 bridgehead atoms. The average Bonchev–Trinajstić information content (AvgIpc) is 2.69. The van der Waals surface area contributed by atoms with E-state index in [4.69, 9.17) is 0 Å². The van der Waals surface area contributed by atoms with Gasteiger partial charge in [0.05, 0.1) is 0 Å². The molecule has 1 aliphatic heterocycles. The van der Waals surface area contributed by atoms with Crippen molar-refractivity contribution in [2.45, 2.75) is 0 Å². The minimum atomic E-state index is -0.221. The lowest BCUT2D eigenvalue weighted by Gasteiger charge is -2.36. The van der Waals surface area contributed by atoms with Gasteiger partial charge in [0.15, 0.2) is 0 Å². The minimum Gasteiger partial charge on any atom is -0.353 e. The maximum Gasteiger partial charge on any atom is 0.131 e. The van der Waals surface area contributed by atoms with Crippen LogP contribution in [0.25, 0.3) is 11.1 Å². The second-order valence-electron chi connectivity index (χ2n) is 6.05. The van der Waals surface area contributed by atoms with Crippen molar-refractivity contribution in [3.05, 3.63) is 72.8 Å². The molecule has 3 aromatic rings. The number of rotatable bonds is 3. The fourth-order valence-electron chi connectivity index (χ4n) is 3.13. The molecule has 1 fully saturated rings. The lowest BCUT2D eigenvalue weighted by Crippen LogP contribution is -2.47. The van der Waals surface area contributed by atoms with Crippen LogP contribution in [0.2, 0.25) is 0 Å². The van der Waals surface area contributed by atoms with Gasteiger partial charge in [-0.3, -0.25) is 0 Å². The second kappa shape index (κ2) is 6.89. The molecule has 2 aromatic heterocycles. The molecule has 0 aliphatic carbocycles. The molecule has 0 amide bonds. The van der Waals surface area contributed by atoms with Crippen LogP contribution in [0, 0.1) is 5.82 Å². The first kappa shape index (κ1) is 15.6. The number of hydrogen-bond donors (Lipinski definition) is 0. The summed E-state index contributed by atoms with van der Waals surface area (Å²) in [4.78, 5) is 13.5. The van der Waals surface area contributed by atoms with Crippen LogP contribution in [0.5, 0.6) is 0 Å². The molecule has 0 radical (unpaired) electrons. The number of piperazine rings is 1. The van der Waals surface area contributed by atoms with Gasteiger partial charge in [-0.05, 0) is 30.3 Å². The summed E-state index contributed by atoms with van der Waals surface area (Å²) in [6, 6.07) is 16.7. The molecule has 1 aromatic carbocycles. The van der Waals surface area contributed by atoms with E-state index in [-0.39, 0.29) is 5.82 Å². The standard InChI is InChI=1S/C20H19FN4/c21-18-6-2-1-5-17(18)16-8-9-20(23-15-16)25-13-11-24(12-14-25)19-7-3-4-10-22-19/h1-10,15H,11-14H2. The van der Waals surface area contributed by atoms with Crippen molar-refractivity contribution in [1.82, 2.24) is 9.97 Å². The Morgan fingerprint density at radius 3 is 2.00 bits per heavy atom. The van der Waals surface area contributed by atoms with Crippen molar-refractivity contribution in [2.24, 2.45) is 0 Å². The van der Waals surface area contributed by atoms with Crippen LogP contribution < -0.4 is 9.80 Å². The first-order valence-electron chi connectivity index (χ1n) is 8.43. The normalized spacial score (nSPS) is 14.6. The van der Waals surface area contributed by atoms with E-state index >= 15 is 0 Å². The van der Waals surface area contributed by atoms with E-state index in [0.717, 1.165) is 43.4 Å². The molecule has 0 N–H and O–H groups in total. The molecular weight excluding hydrogens is 315 g/mol. The molecule has 0 spiro atoms. The van der Waals surface area contributed by atoms with E-state index in [9.17, 15) is 4.39 Å². The molecule has 126 valence electrons. The molecule has 5 heteroatoms. The lowest BCUT2D eigenvalue weighted by molar-refractivity contribution is 0.631. The monoisotopic (exact) mass is 334 g/mol. The maximum atomic E-state index is 13.9. The highest BCUT2D eigenvalue weighted by Gasteiger charge is 2.19. The SMILES string of the molecule is Fc1ccccc1-c1ccc(N2CCN(c3ccccn3)CC2)nc1. The van der Waals surface area contributed by atoms with Crippen molar-refractivity contribution in [3.8, 4) is 11.1 Å². The molecule has 1 saturated heterocycles. The number of anilines is 2. The number of hydrogen-bond acceptors (Lipinski definition) is 4.